The number of ketones is 1. The van der Waals surface area contributed by atoms with Crippen molar-refractivity contribution in [3.05, 3.63) is 60.3 Å². The van der Waals surface area contributed by atoms with E-state index in [2.05, 4.69) is 14.9 Å². The minimum atomic E-state index is -1.34. The van der Waals surface area contributed by atoms with Gasteiger partial charge < -0.3 is 44.5 Å². The summed E-state index contributed by atoms with van der Waals surface area (Å²) in [6.45, 7) is 6.39. The lowest BCUT2D eigenvalue weighted by molar-refractivity contribution is -0.309. The summed E-state index contributed by atoms with van der Waals surface area (Å²) in [6, 6.07) is 7.43. The SMILES string of the molecule is CO[C@@H]1[C@@H](O[C@@H]2O[C@H](C)[C@@H](O)[C@H](N(C)C)[C@H]2O)[C@@H](CCNCc2ccc(-c3cnns3)cc2)C[C@@H](C)C(=O)/C=C\C=C/C[C@@H](C)OC(=O)C[C@@H]1O. The molecule has 1 aromatic carbocycles. The normalized spacial score (nSPS) is 34.3. The van der Waals surface area contributed by atoms with Crippen molar-refractivity contribution < 1.29 is 43.9 Å². The van der Waals surface area contributed by atoms with Gasteiger partial charge in [0, 0.05) is 26.0 Å². The molecule has 1 aromatic heterocycles. The van der Waals surface area contributed by atoms with E-state index in [1.54, 1.807) is 51.2 Å². The summed E-state index contributed by atoms with van der Waals surface area (Å²) in [7, 11) is 4.93. The molecule has 1 fully saturated rings. The first-order valence-corrected chi connectivity index (χ1v) is 18.3. The Hall–Kier alpha value is -2.92. The van der Waals surface area contributed by atoms with Crippen molar-refractivity contribution in [1.29, 1.82) is 0 Å². The van der Waals surface area contributed by atoms with Gasteiger partial charge in [-0.25, -0.2) is 0 Å². The molecule has 0 aliphatic carbocycles. The molecule has 4 rings (SSSR count). The summed E-state index contributed by atoms with van der Waals surface area (Å²) in [5, 5.41) is 41.2. The number of likely N-dealkylation sites (N-methyl/N-ethyl adjacent to an activating group) is 1. The van der Waals surface area contributed by atoms with Crippen LogP contribution >= 0.6 is 11.5 Å². The van der Waals surface area contributed by atoms with Gasteiger partial charge in [-0.15, -0.1) is 5.10 Å². The fourth-order valence-electron chi connectivity index (χ4n) is 6.72. The Morgan fingerprint density at radius 2 is 1.78 bits per heavy atom. The number of esters is 1. The van der Waals surface area contributed by atoms with E-state index >= 15 is 0 Å². The number of aliphatic hydroxyl groups is 3. The van der Waals surface area contributed by atoms with Crippen LogP contribution in [0.3, 0.4) is 0 Å². The van der Waals surface area contributed by atoms with Crippen molar-refractivity contribution in [2.45, 2.75) is 108 Å². The zero-order chi connectivity index (χ0) is 37.1. The third-order valence-corrected chi connectivity index (χ3v) is 10.3. The Morgan fingerprint density at radius 3 is 2.45 bits per heavy atom. The molecule has 0 unspecified atom stereocenters. The number of carbonyl (C=O) groups is 2. The van der Waals surface area contributed by atoms with Gasteiger partial charge in [-0.1, -0.05) is 53.9 Å². The predicted molar refractivity (Wildman–Crippen MR) is 193 cm³/mol. The number of cyclic esters (lactones) is 1. The molecule has 2 aliphatic heterocycles. The zero-order valence-corrected chi connectivity index (χ0v) is 31.1. The minimum Gasteiger partial charge on any atom is -0.462 e. The number of allylic oxidation sites excluding steroid dienone is 3. The standard InChI is InChI=1S/C37H54N4O9S/c1-22-18-27(16-17-38-20-25-12-14-26(15-13-25)30-21-39-40-51-30)35(50-37-34(46)32(41(4)5)33(45)24(3)49-37)36(47-6)29(43)19-31(44)48-23(2)10-8-7-9-11-28(22)42/h7-9,11-15,21-24,27,29,32-38,43,45-46H,10,16-20H2,1-6H3/b8-7-,11-9-/t22-,23-,24-,27+,29+,32+,33-,34-,35+,36+,37+/m1/s1. The van der Waals surface area contributed by atoms with E-state index < -0.39 is 72.9 Å². The zero-order valence-electron chi connectivity index (χ0n) is 30.3. The third-order valence-electron chi connectivity index (χ3n) is 9.58. The molecule has 2 aliphatic rings. The number of methoxy groups -OCH3 is 1. The highest BCUT2D eigenvalue weighted by Crippen LogP contribution is 2.33. The van der Waals surface area contributed by atoms with Gasteiger partial charge in [0.1, 0.15) is 18.3 Å². The molecule has 0 amide bonds. The fourth-order valence-corrected chi connectivity index (χ4v) is 7.24. The first-order valence-electron chi connectivity index (χ1n) is 17.6. The number of nitrogens with one attached hydrogen (secondary N) is 1. The van der Waals surface area contributed by atoms with Crippen LogP contribution in [0.15, 0.2) is 54.8 Å². The van der Waals surface area contributed by atoms with E-state index in [0.717, 1.165) is 16.0 Å². The largest absolute Gasteiger partial charge is 0.462 e. The number of ether oxygens (including phenoxy) is 4. The molecular formula is C37H54N4O9S. The summed E-state index contributed by atoms with van der Waals surface area (Å²) in [6.07, 6.45) is 1.50. The Morgan fingerprint density at radius 1 is 1.04 bits per heavy atom. The third kappa shape index (κ3) is 11.5. The highest BCUT2D eigenvalue weighted by Gasteiger charge is 2.48. The number of benzene rings is 1. The smallest absolute Gasteiger partial charge is 0.308 e. The van der Waals surface area contributed by atoms with Crippen LogP contribution in [0.25, 0.3) is 10.4 Å². The molecule has 13 nitrogen and oxygen atoms in total. The first-order chi connectivity index (χ1) is 24.4. The van der Waals surface area contributed by atoms with Gasteiger partial charge in [0.25, 0.3) is 0 Å². The number of nitrogens with zero attached hydrogens (tertiary/aromatic N) is 3. The monoisotopic (exact) mass is 730 g/mol. The Labute approximate surface area is 304 Å². The molecular weight excluding hydrogens is 676 g/mol. The average molecular weight is 731 g/mol. The molecule has 3 heterocycles. The van der Waals surface area contributed by atoms with E-state index in [-0.39, 0.29) is 12.2 Å². The Kier molecular flexibility index (Phi) is 15.8. The minimum absolute atomic E-state index is 0.0768. The highest BCUT2D eigenvalue weighted by atomic mass is 32.1. The van der Waals surface area contributed by atoms with Gasteiger partial charge in [-0.05, 0) is 82.0 Å². The van der Waals surface area contributed by atoms with Gasteiger partial charge in [-0.3, -0.25) is 9.59 Å². The molecule has 282 valence electrons. The van der Waals surface area contributed by atoms with Crippen LogP contribution in [0.2, 0.25) is 0 Å². The lowest BCUT2D eigenvalue weighted by atomic mass is 9.82. The van der Waals surface area contributed by atoms with E-state index in [1.807, 2.05) is 37.3 Å². The van der Waals surface area contributed by atoms with Crippen molar-refractivity contribution in [3.63, 3.8) is 0 Å². The van der Waals surface area contributed by atoms with Crippen molar-refractivity contribution in [1.82, 2.24) is 19.8 Å². The maximum Gasteiger partial charge on any atom is 0.308 e. The van der Waals surface area contributed by atoms with Gasteiger partial charge in [0.05, 0.1) is 48.0 Å². The van der Waals surface area contributed by atoms with E-state index in [1.165, 1.54) is 24.7 Å². The Balaban J connectivity index is 1.62. The van der Waals surface area contributed by atoms with E-state index in [4.69, 9.17) is 18.9 Å². The number of carbonyl (C=O) groups excluding carboxylic acids is 2. The second-order valence-corrected chi connectivity index (χ2v) is 14.6. The van der Waals surface area contributed by atoms with Crippen molar-refractivity contribution in [3.8, 4) is 10.4 Å². The highest BCUT2D eigenvalue weighted by molar-refractivity contribution is 7.09. The van der Waals surface area contributed by atoms with Gasteiger partial charge in [0.2, 0.25) is 0 Å². The second-order valence-electron chi connectivity index (χ2n) is 13.8. The maximum atomic E-state index is 13.3. The number of hydrogen-bond acceptors (Lipinski definition) is 14. The summed E-state index contributed by atoms with van der Waals surface area (Å²) in [4.78, 5) is 29.0. The molecule has 11 atom stereocenters. The predicted octanol–water partition coefficient (Wildman–Crippen LogP) is 2.89. The quantitative estimate of drug-likeness (QED) is 0.208. The number of rotatable bonds is 10. The van der Waals surface area contributed by atoms with Crippen LogP contribution in [0.5, 0.6) is 0 Å². The topological polar surface area (TPSA) is 173 Å². The van der Waals surface area contributed by atoms with Gasteiger partial charge in [0.15, 0.2) is 12.1 Å². The summed E-state index contributed by atoms with van der Waals surface area (Å²) < 4.78 is 28.0. The molecule has 0 bridgehead atoms. The summed E-state index contributed by atoms with van der Waals surface area (Å²) in [5.74, 6) is -1.52. The molecule has 0 spiro atoms. The number of hydrogen-bond donors (Lipinski definition) is 4. The molecule has 0 radical (unpaired) electrons. The van der Waals surface area contributed by atoms with Gasteiger partial charge in [-0.2, -0.15) is 0 Å². The molecule has 14 heteroatoms. The molecule has 0 saturated carbocycles. The average Bonchev–Trinajstić information content (AvgIpc) is 3.63. The summed E-state index contributed by atoms with van der Waals surface area (Å²) >= 11 is 1.34. The fraction of sp³-hybridized carbons (Fsp3) is 0.622. The molecule has 1 saturated heterocycles. The maximum absolute atomic E-state index is 13.3. The van der Waals surface area contributed by atoms with E-state index in [9.17, 15) is 24.9 Å². The van der Waals surface area contributed by atoms with E-state index in [0.29, 0.717) is 32.4 Å². The Bertz CT molecular complexity index is 1420. The van der Waals surface area contributed by atoms with Crippen LogP contribution in [-0.2, 0) is 35.1 Å². The molecule has 4 N–H and O–H groups in total. The van der Waals surface area contributed by atoms with Crippen molar-refractivity contribution in [2.75, 3.05) is 27.7 Å². The van der Waals surface area contributed by atoms with Crippen LogP contribution in [0, 0.1) is 11.8 Å². The van der Waals surface area contributed by atoms with Crippen LogP contribution in [0.4, 0.5) is 0 Å². The van der Waals surface area contributed by atoms with Crippen LogP contribution in [-0.4, -0.2) is 124 Å². The second kappa shape index (κ2) is 19.8. The van der Waals surface area contributed by atoms with Crippen molar-refractivity contribution in [2.24, 2.45) is 11.8 Å². The molecule has 2 aromatic rings. The van der Waals surface area contributed by atoms with Crippen molar-refractivity contribution >= 4 is 23.3 Å². The summed E-state index contributed by atoms with van der Waals surface area (Å²) in [5.41, 5.74) is 2.11. The van der Waals surface area contributed by atoms with Gasteiger partial charge >= 0.3 is 5.97 Å². The van der Waals surface area contributed by atoms with Crippen LogP contribution in [0.1, 0.15) is 52.0 Å². The lowest BCUT2D eigenvalue weighted by Gasteiger charge is -2.46. The van der Waals surface area contributed by atoms with Crippen LogP contribution < -0.4 is 5.32 Å². The molecule has 51 heavy (non-hydrogen) atoms. The first kappa shape index (κ1) is 40.8. The number of aromatic nitrogens is 2. The lowest BCUT2D eigenvalue weighted by Crippen LogP contribution is -2.63. The number of aliphatic hydroxyl groups excluding tert-OH is 3.